The highest BCUT2D eigenvalue weighted by molar-refractivity contribution is 7.99. The van der Waals surface area contributed by atoms with Crippen LogP contribution in [-0.2, 0) is 0 Å². The smallest absolute Gasteiger partial charge is 0.0869 e. The minimum absolute atomic E-state index is 0.435. The lowest BCUT2D eigenvalue weighted by Crippen LogP contribution is -2.48. The Balaban J connectivity index is 1.82. The van der Waals surface area contributed by atoms with E-state index in [9.17, 15) is 5.11 Å². The summed E-state index contributed by atoms with van der Waals surface area (Å²) in [6.07, 6.45) is 4.81. The zero-order chi connectivity index (χ0) is 12.5. The molecule has 0 aromatic rings. The summed E-state index contributed by atoms with van der Waals surface area (Å²) < 4.78 is 0. The molecular weight excluding hydrogens is 230 g/mol. The average Bonchev–Trinajstić information content (AvgIpc) is 2.60. The molecule has 2 aliphatic rings. The highest BCUT2D eigenvalue weighted by Crippen LogP contribution is 2.38. The van der Waals surface area contributed by atoms with Gasteiger partial charge in [-0.3, -0.25) is 0 Å². The van der Waals surface area contributed by atoms with Crippen molar-refractivity contribution in [1.29, 1.82) is 0 Å². The largest absolute Gasteiger partial charge is 0.388 e. The third-order valence-corrected chi connectivity index (χ3v) is 5.42. The van der Waals surface area contributed by atoms with Crippen LogP contribution in [0.4, 0.5) is 0 Å². The van der Waals surface area contributed by atoms with Crippen molar-refractivity contribution in [2.75, 3.05) is 18.1 Å². The van der Waals surface area contributed by atoms with Crippen molar-refractivity contribution in [3.05, 3.63) is 0 Å². The molecule has 3 atom stereocenters. The SMILES string of the molecule is CC1CC(NCC2(O)CCSC2)CC(C)(C)C1. The van der Waals surface area contributed by atoms with Crippen LogP contribution in [0.2, 0.25) is 0 Å². The monoisotopic (exact) mass is 257 g/mol. The average molecular weight is 257 g/mol. The van der Waals surface area contributed by atoms with Gasteiger partial charge in [-0.25, -0.2) is 0 Å². The summed E-state index contributed by atoms with van der Waals surface area (Å²) in [5.74, 6) is 2.83. The molecule has 100 valence electrons. The summed E-state index contributed by atoms with van der Waals surface area (Å²) in [6, 6.07) is 0.600. The molecule has 0 radical (unpaired) electrons. The maximum absolute atomic E-state index is 10.3. The van der Waals surface area contributed by atoms with Gasteiger partial charge < -0.3 is 10.4 Å². The lowest BCUT2D eigenvalue weighted by Gasteiger charge is -2.40. The molecule has 3 unspecified atom stereocenters. The van der Waals surface area contributed by atoms with Crippen LogP contribution in [0.5, 0.6) is 0 Å². The van der Waals surface area contributed by atoms with Gasteiger partial charge in [0, 0.05) is 18.3 Å². The van der Waals surface area contributed by atoms with Crippen molar-refractivity contribution in [3.8, 4) is 0 Å². The molecule has 0 spiro atoms. The topological polar surface area (TPSA) is 32.3 Å². The number of nitrogens with one attached hydrogen (secondary N) is 1. The molecule has 1 heterocycles. The van der Waals surface area contributed by atoms with E-state index in [1.165, 1.54) is 19.3 Å². The molecule has 1 aliphatic carbocycles. The van der Waals surface area contributed by atoms with E-state index < -0.39 is 5.60 Å². The number of hydrogen-bond donors (Lipinski definition) is 2. The molecular formula is C14H27NOS. The molecule has 0 aromatic heterocycles. The fourth-order valence-corrected chi connectivity index (χ4v) is 4.87. The van der Waals surface area contributed by atoms with E-state index >= 15 is 0 Å². The van der Waals surface area contributed by atoms with E-state index in [0.717, 1.165) is 30.4 Å². The first-order chi connectivity index (χ1) is 7.89. The molecule has 1 saturated heterocycles. The second-order valence-corrected chi connectivity index (χ2v) is 8.12. The maximum Gasteiger partial charge on any atom is 0.0869 e. The van der Waals surface area contributed by atoms with E-state index in [4.69, 9.17) is 0 Å². The fourth-order valence-electron chi connectivity index (χ4n) is 3.57. The number of rotatable bonds is 3. The van der Waals surface area contributed by atoms with Crippen molar-refractivity contribution in [1.82, 2.24) is 5.32 Å². The lowest BCUT2D eigenvalue weighted by molar-refractivity contribution is 0.0553. The second kappa shape index (κ2) is 5.10. The molecule has 0 amide bonds. The first kappa shape index (κ1) is 13.7. The number of hydrogen-bond acceptors (Lipinski definition) is 3. The molecule has 2 N–H and O–H groups in total. The van der Waals surface area contributed by atoms with Gasteiger partial charge in [0.25, 0.3) is 0 Å². The van der Waals surface area contributed by atoms with E-state index in [0.29, 0.717) is 11.5 Å². The van der Waals surface area contributed by atoms with Crippen LogP contribution in [0, 0.1) is 11.3 Å². The molecule has 2 rings (SSSR count). The van der Waals surface area contributed by atoms with Gasteiger partial charge in [0.1, 0.15) is 0 Å². The predicted octanol–water partition coefficient (Wildman–Crippen LogP) is 2.66. The van der Waals surface area contributed by atoms with Crippen molar-refractivity contribution in [2.24, 2.45) is 11.3 Å². The Hall–Kier alpha value is 0.270. The summed E-state index contributed by atoms with van der Waals surface area (Å²) in [7, 11) is 0. The Labute approximate surface area is 110 Å². The minimum atomic E-state index is -0.435. The summed E-state index contributed by atoms with van der Waals surface area (Å²) in [4.78, 5) is 0. The zero-order valence-corrected chi connectivity index (χ0v) is 12.3. The summed E-state index contributed by atoms with van der Waals surface area (Å²) >= 11 is 1.88. The lowest BCUT2D eigenvalue weighted by atomic mass is 9.70. The normalized spacial score (nSPS) is 41.6. The van der Waals surface area contributed by atoms with Gasteiger partial charge in [-0.2, -0.15) is 11.8 Å². The van der Waals surface area contributed by atoms with Gasteiger partial charge in [-0.1, -0.05) is 20.8 Å². The molecule has 17 heavy (non-hydrogen) atoms. The van der Waals surface area contributed by atoms with Gasteiger partial charge in [0.05, 0.1) is 5.60 Å². The quantitative estimate of drug-likeness (QED) is 0.815. The van der Waals surface area contributed by atoms with Crippen molar-refractivity contribution < 1.29 is 5.11 Å². The van der Waals surface area contributed by atoms with E-state index in [1.807, 2.05) is 11.8 Å². The highest BCUT2D eigenvalue weighted by atomic mass is 32.2. The van der Waals surface area contributed by atoms with Crippen molar-refractivity contribution in [3.63, 3.8) is 0 Å². The van der Waals surface area contributed by atoms with Crippen molar-refractivity contribution in [2.45, 2.75) is 58.1 Å². The van der Waals surface area contributed by atoms with E-state index in [1.54, 1.807) is 0 Å². The minimum Gasteiger partial charge on any atom is -0.388 e. The summed E-state index contributed by atoms with van der Waals surface area (Å²) in [6.45, 7) is 7.89. The summed E-state index contributed by atoms with van der Waals surface area (Å²) in [5, 5.41) is 14.0. The van der Waals surface area contributed by atoms with E-state index in [2.05, 4.69) is 26.1 Å². The standard InChI is InChI=1S/C14H27NOS/c1-11-6-12(8-13(2,3)7-11)15-9-14(16)4-5-17-10-14/h11-12,15-16H,4-10H2,1-3H3. The third kappa shape index (κ3) is 3.87. The first-order valence-corrected chi connectivity index (χ1v) is 8.08. The van der Waals surface area contributed by atoms with Crippen molar-refractivity contribution >= 4 is 11.8 Å². The molecule has 3 heteroatoms. The van der Waals surface area contributed by atoms with Gasteiger partial charge in [0.15, 0.2) is 0 Å². The van der Waals surface area contributed by atoms with E-state index in [-0.39, 0.29) is 0 Å². The first-order valence-electron chi connectivity index (χ1n) is 6.92. The van der Waals surface area contributed by atoms with Gasteiger partial charge in [-0.15, -0.1) is 0 Å². The van der Waals surface area contributed by atoms with Crippen LogP contribution in [0.15, 0.2) is 0 Å². The Morgan fingerprint density at radius 2 is 2.12 bits per heavy atom. The molecule has 1 aliphatic heterocycles. The van der Waals surface area contributed by atoms with Crippen LogP contribution < -0.4 is 5.32 Å². The van der Waals surface area contributed by atoms with Crippen LogP contribution in [0.3, 0.4) is 0 Å². The van der Waals surface area contributed by atoms with Gasteiger partial charge >= 0.3 is 0 Å². The molecule has 0 aromatic carbocycles. The van der Waals surface area contributed by atoms with Crippen LogP contribution in [0.25, 0.3) is 0 Å². The summed E-state index contributed by atoms with van der Waals surface area (Å²) in [5.41, 5.74) is 0.0257. The predicted molar refractivity (Wildman–Crippen MR) is 75.5 cm³/mol. The number of aliphatic hydroxyl groups is 1. The van der Waals surface area contributed by atoms with Gasteiger partial charge in [-0.05, 0) is 42.8 Å². The Bertz CT molecular complexity index is 261. The molecule has 0 bridgehead atoms. The van der Waals surface area contributed by atoms with Crippen LogP contribution in [-0.4, -0.2) is 34.8 Å². The number of thioether (sulfide) groups is 1. The molecule has 1 saturated carbocycles. The fraction of sp³-hybridized carbons (Fsp3) is 1.00. The zero-order valence-electron chi connectivity index (χ0n) is 11.5. The Morgan fingerprint density at radius 3 is 2.71 bits per heavy atom. The van der Waals surface area contributed by atoms with Crippen LogP contribution >= 0.6 is 11.8 Å². The molecule has 2 fully saturated rings. The maximum atomic E-state index is 10.3. The Kier molecular flexibility index (Phi) is 4.11. The van der Waals surface area contributed by atoms with Crippen LogP contribution in [0.1, 0.15) is 46.5 Å². The molecule has 2 nitrogen and oxygen atoms in total. The highest BCUT2D eigenvalue weighted by Gasteiger charge is 2.35. The van der Waals surface area contributed by atoms with Gasteiger partial charge in [0.2, 0.25) is 0 Å². The third-order valence-electron chi connectivity index (χ3n) is 4.19. The second-order valence-electron chi connectivity index (χ2n) is 7.02. The Morgan fingerprint density at radius 1 is 1.35 bits per heavy atom.